The van der Waals surface area contributed by atoms with Crippen LogP contribution in [0.15, 0.2) is 12.4 Å². The van der Waals surface area contributed by atoms with Crippen LogP contribution < -0.4 is 5.32 Å². The summed E-state index contributed by atoms with van der Waals surface area (Å²) in [7, 11) is 0. The largest absolute Gasteiger partial charge is 0.363 e. The fraction of sp³-hybridized carbons (Fsp3) is 0.636. The number of anilines is 1. The van der Waals surface area contributed by atoms with Crippen molar-refractivity contribution in [1.82, 2.24) is 9.97 Å². The van der Waals surface area contributed by atoms with Crippen LogP contribution in [0.2, 0.25) is 0 Å². The molecular weight excluding hydrogens is 210 g/mol. The highest BCUT2D eigenvalue weighted by Gasteiger charge is 2.33. The number of rotatable bonds is 3. The Balaban J connectivity index is 2.12. The summed E-state index contributed by atoms with van der Waals surface area (Å²) >= 11 is 6.05. The van der Waals surface area contributed by atoms with E-state index in [0.717, 1.165) is 24.4 Å². The van der Waals surface area contributed by atoms with Gasteiger partial charge in [-0.3, -0.25) is 0 Å². The summed E-state index contributed by atoms with van der Waals surface area (Å²) in [6, 6.07) is 1.96. The average Bonchev–Trinajstić information content (AvgIpc) is 2.67. The Labute approximate surface area is 95.3 Å². The van der Waals surface area contributed by atoms with Crippen LogP contribution in [0.4, 0.5) is 5.82 Å². The lowest BCUT2D eigenvalue weighted by molar-refractivity contribution is 0.537. The fourth-order valence-electron chi connectivity index (χ4n) is 2.14. The summed E-state index contributed by atoms with van der Waals surface area (Å²) < 4.78 is 0. The standard InChI is InChI=1S/C11H16ClN3/c1-9-6-10(14-8-13-9)15-11(7-12)4-2-3-5-11/h6,8H,2-5,7H2,1H3,(H,13,14,15). The lowest BCUT2D eigenvalue weighted by Crippen LogP contribution is -2.37. The monoisotopic (exact) mass is 225 g/mol. The molecule has 3 nitrogen and oxygen atoms in total. The lowest BCUT2D eigenvalue weighted by Gasteiger charge is -2.28. The molecule has 0 amide bonds. The highest BCUT2D eigenvalue weighted by molar-refractivity contribution is 6.18. The normalized spacial score (nSPS) is 19.1. The number of nitrogens with one attached hydrogen (secondary N) is 1. The molecule has 0 spiro atoms. The minimum absolute atomic E-state index is 0.0579. The number of hydrogen-bond donors (Lipinski definition) is 1. The van der Waals surface area contributed by atoms with E-state index in [2.05, 4.69) is 15.3 Å². The Hall–Kier alpha value is -0.830. The number of alkyl halides is 1. The van der Waals surface area contributed by atoms with Crippen molar-refractivity contribution in [2.24, 2.45) is 0 Å². The first-order valence-corrected chi connectivity index (χ1v) is 5.90. The van der Waals surface area contributed by atoms with Crippen LogP contribution in [0, 0.1) is 6.92 Å². The molecule has 1 aromatic rings. The molecule has 1 saturated carbocycles. The topological polar surface area (TPSA) is 37.8 Å². The van der Waals surface area contributed by atoms with Crippen molar-refractivity contribution < 1.29 is 0 Å². The maximum absolute atomic E-state index is 6.05. The molecule has 1 N–H and O–H groups in total. The summed E-state index contributed by atoms with van der Waals surface area (Å²) in [4.78, 5) is 8.29. The van der Waals surface area contributed by atoms with Gasteiger partial charge in [0.05, 0.1) is 5.54 Å². The average molecular weight is 226 g/mol. The van der Waals surface area contributed by atoms with Gasteiger partial charge in [0, 0.05) is 17.6 Å². The zero-order chi connectivity index (χ0) is 10.7. The molecule has 1 aliphatic rings. The van der Waals surface area contributed by atoms with E-state index in [4.69, 9.17) is 11.6 Å². The molecule has 0 aromatic carbocycles. The molecule has 0 atom stereocenters. The van der Waals surface area contributed by atoms with Crippen LogP contribution in [0.1, 0.15) is 31.4 Å². The molecule has 0 bridgehead atoms. The lowest BCUT2D eigenvalue weighted by atomic mass is 10.0. The molecule has 0 radical (unpaired) electrons. The second-order valence-electron chi connectivity index (χ2n) is 4.29. The Kier molecular flexibility index (Phi) is 3.10. The van der Waals surface area contributed by atoms with Crippen molar-refractivity contribution in [2.45, 2.75) is 38.1 Å². The zero-order valence-electron chi connectivity index (χ0n) is 8.96. The van der Waals surface area contributed by atoms with Gasteiger partial charge in [0.15, 0.2) is 0 Å². The quantitative estimate of drug-likeness (QED) is 0.804. The Morgan fingerprint density at radius 2 is 2.13 bits per heavy atom. The van der Waals surface area contributed by atoms with Gasteiger partial charge in [-0.25, -0.2) is 9.97 Å². The van der Waals surface area contributed by atoms with Gasteiger partial charge in [-0.05, 0) is 19.8 Å². The van der Waals surface area contributed by atoms with E-state index in [1.54, 1.807) is 6.33 Å². The van der Waals surface area contributed by atoms with E-state index in [-0.39, 0.29) is 5.54 Å². The molecule has 82 valence electrons. The maximum atomic E-state index is 6.05. The van der Waals surface area contributed by atoms with Gasteiger partial charge in [-0.15, -0.1) is 11.6 Å². The molecule has 4 heteroatoms. The van der Waals surface area contributed by atoms with Crippen molar-refractivity contribution in [1.29, 1.82) is 0 Å². The third kappa shape index (κ3) is 2.40. The number of hydrogen-bond acceptors (Lipinski definition) is 3. The van der Waals surface area contributed by atoms with E-state index < -0.39 is 0 Å². The first kappa shape index (κ1) is 10.7. The Bertz CT molecular complexity index is 334. The van der Waals surface area contributed by atoms with Gasteiger partial charge in [0.1, 0.15) is 12.1 Å². The smallest absolute Gasteiger partial charge is 0.130 e. The summed E-state index contributed by atoms with van der Waals surface area (Å²) in [5.74, 6) is 1.54. The summed E-state index contributed by atoms with van der Waals surface area (Å²) in [6.45, 7) is 1.97. The third-order valence-electron chi connectivity index (χ3n) is 3.01. The molecule has 1 aliphatic carbocycles. The van der Waals surface area contributed by atoms with Crippen LogP contribution in [0.3, 0.4) is 0 Å². The van der Waals surface area contributed by atoms with E-state index >= 15 is 0 Å². The molecule has 0 saturated heterocycles. The van der Waals surface area contributed by atoms with Gasteiger partial charge < -0.3 is 5.32 Å². The van der Waals surface area contributed by atoms with Crippen LogP contribution in [-0.2, 0) is 0 Å². The number of aryl methyl sites for hydroxylation is 1. The molecule has 0 aliphatic heterocycles. The summed E-state index contributed by atoms with van der Waals surface area (Å²) in [6.07, 6.45) is 6.38. The van der Waals surface area contributed by atoms with E-state index in [1.807, 2.05) is 13.0 Å². The number of halogens is 1. The Morgan fingerprint density at radius 3 is 2.73 bits per heavy atom. The molecule has 1 fully saturated rings. The third-order valence-corrected chi connectivity index (χ3v) is 3.53. The minimum Gasteiger partial charge on any atom is -0.363 e. The maximum Gasteiger partial charge on any atom is 0.130 e. The van der Waals surface area contributed by atoms with Crippen molar-refractivity contribution in [3.63, 3.8) is 0 Å². The highest BCUT2D eigenvalue weighted by Crippen LogP contribution is 2.33. The van der Waals surface area contributed by atoms with E-state index in [9.17, 15) is 0 Å². The van der Waals surface area contributed by atoms with Gasteiger partial charge in [-0.2, -0.15) is 0 Å². The van der Waals surface area contributed by atoms with E-state index in [1.165, 1.54) is 12.8 Å². The van der Waals surface area contributed by atoms with Crippen molar-refractivity contribution in [3.8, 4) is 0 Å². The number of nitrogens with zero attached hydrogens (tertiary/aromatic N) is 2. The molecule has 1 heterocycles. The van der Waals surface area contributed by atoms with E-state index in [0.29, 0.717) is 5.88 Å². The first-order chi connectivity index (χ1) is 7.24. The highest BCUT2D eigenvalue weighted by atomic mass is 35.5. The first-order valence-electron chi connectivity index (χ1n) is 5.37. The molecule has 0 unspecified atom stereocenters. The zero-order valence-corrected chi connectivity index (χ0v) is 9.72. The van der Waals surface area contributed by atoms with Crippen LogP contribution in [-0.4, -0.2) is 21.4 Å². The molecule has 15 heavy (non-hydrogen) atoms. The molecular formula is C11H16ClN3. The second-order valence-corrected chi connectivity index (χ2v) is 4.56. The van der Waals surface area contributed by atoms with Crippen molar-refractivity contribution in [2.75, 3.05) is 11.2 Å². The van der Waals surface area contributed by atoms with Crippen LogP contribution in [0.25, 0.3) is 0 Å². The van der Waals surface area contributed by atoms with Crippen LogP contribution in [0.5, 0.6) is 0 Å². The van der Waals surface area contributed by atoms with Gasteiger partial charge in [-0.1, -0.05) is 12.8 Å². The number of aromatic nitrogens is 2. The Morgan fingerprint density at radius 1 is 1.40 bits per heavy atom. The second kappa shape index (κ2) is 4.35. The van der Waals surface area contributed by atoms with Gasteiger partial charge >= 0.3 is 0 Å². The SMILES string of the molecule is Cc1cc(NC2(CCl)CCCC2)ncn1. The van der Waals surface area contributed by atoms with Crippen molar-refractivity contribution >= 4 is 17.4 Å². The molecule has 2 rings (SSSR count). The summed E-state index contributed by atoms with van der Waals surface area (Å²) in [5.41, 5.74) is 1.04. The summed E-state index contributed by atoms with van der Waals surface area (Å²) in [5, 5.41) is 3.46. The van der Waals surface area contributed by atoms with Crippen LogP contribution >= 0.6 is 11.6 Å². The van der Waals surface area contributed by atoms with Gasteiger partial charge in [0.25, 0.3) is 0 Å². The van der Waals surface area contributed by atoms with Crippen molar-refractivity contribution in [3.05, 3.63) is 18.1 Å². The fourth-order valence-corrected chi connectivity index (χ4v) is 2.47. The predicted molar refractivity (Wildman–Crippen MR) is 62.3 cm³/mol. The van der Waals surface area contributed by atoms with Gasteiger partial charge in [0.2, 0.25) is 0 Å². The molecule has 1 aromatic heterocycles. The predicted octanol–water partition coefficient (Wildman–Crippen LogP) is 2.75. The minimum atomic E-state index is 0.0579.